The van der Waals surface area contributed by atoms with Crippen molar-refractivity contribution in [2.45, 2.75) is 29.1 Å². The highest BCUT2D eigenvalue weighted by Crippen LogP contribution is 2.37. The Hall–Kier alpha value is -1.63. The number of pyridine rings is 1. The van der Waals surface area contributed by atoms with Gasteiger partial charge < -0.3 is 5.32 Å². The number of hydrogen-bond acceptors (Lipinski definition) is 6. The maximum atomic E-state index is 4.43. The number of tetrazole rings is 1. The lowest BCUT2D eigenvalue weighted by Gasteiger charge is -2.03. The van der Waals surface area contributed by atoms with Crippen LogP contribution >= 0.6 is 11.8 Å². The molecule has 0 radical (unpaired) electrons. The maximum Gasteiger partial charge on any atom is 0.215 e. The van der Waals surface area contributed by atoms with E-state index in [9.17, 15) is 0 Å². The van der Waals surface area contributed by atoms with Gasteiger partial charge in [0.05, 0.1) is 6.04 Å². The van der Waals surface area contributed by atoms with Gasteiger partial charge in [0.15, 0.2) is 0 Å². The van der Waals surface area contributed by atoms with Crippen LogP contribution in [0.2, 0.25) is 0 Å². The third-order valence-electron chi connectivity index (χ3n) is 2.53. The van der Waals surface area contributed by atoms with Crippen LogP contribution in [0.25, 0.3) is 0 Å². The van der Waals surface area contributed by atoms with Gasteiger partial charge in [0.1, 0.15) is 10.8 Å². The highest BCUT2D eigenvalue weighted by atomic mass is 32.2. The first-order valence-corrected chi connectivity index (χ1v) is 6.29. The van der Waals surface area contributed by atoms with Gasteiger partial charge in [-0.15, -0.1) is 5.10 Å². The molecule has 6 nitrogen and oxygen atoms in total. The van der Waals surface area contributed by atoms with Crippen molar-refractivity contribution in [1.29, 1.82) is 0 Å². The van der Waals surface area contributed by atoms with Crippen LogP contribution in [0.1, 0.15) is 18.9 Å². The maximum absolute atomic E-state index is 4.43. The lowest BCUT2D eigenvalue weighted by atomic mass is 10.5. The van der Waals surface area contributed by atoms with Gasteiger partial charge in [-0.05, 0) is 47.2 Å². The Morgan fingerprint density at radius 3 is 3.06 bits per heavy atom. The van der Waals surface area contributed by atoms with E-state index >= 15 is 0 Å². The van der Waals surface area contributed by atoms with E-state index in [4.69, 9.17) is 0 Å². The van der Waals surface area contributed by atoms with Crippen molar-refractivity contribution in [2.24, 2.45) is 0 Å². The zero-order valence-electron chi connectivity index (χ0n) is 9.37. The van der Waals surface area contributed by atoms with Crippen LogP contribution in [0.3, 0.4) is 0 Å². The van der Waals surface area contributed by atoms with E-state index < -0.39 is 0 Å². The molecule has 1 N–H and O–H groups in total. The molecule has 1 saturated carbocycles. The standard InChI is InChI=1S/C10H12N6S/c1-11-8-3-2-4-9(12-8)17-10-13-14-15-16(10)7-5-6-7/h2-4,7H,5-6H2,1H3,(H,11,12). The Balaban J connectivity index is 1.83. The molecule has 7 heteroatoms. The summed E-state index contributed by atoms with van der Waals surface area (Å²) in [6.45, 7) is 0. The number of nitrogens with one attached hydrogen (secondary N) is 1. The van der Waals surface area contributed by atoms with Crippen molar-refractivity contribution < 1.29 is 0 Å². The Kier molecular flexibility index (Phi) is 2.68. The van der Waals surface area contributed by atoms with E-state index in [0.29, 0.717) is 6.04 Å². The quantitative estimate of drug-likeness (QED) is 0.886. The summed E-state index contributed by atoms with van der Waals surface area (Å²) in [6.07, 6.45) is 2.34. The van der Waals surface area contributed by atoms with Gasteiger partial charge in [0, 0.05) is 7.05 Å². The lowest BCUT2D eigenvalue weighted by Crippen LogP contribution is -1.99. The molecule has 0 spiro atoms. The fourth-order valence-corrected chi connectivity index (χ4v) is 2.34. The summed E-state index contributed by atoms with van der Waals surface area (Å²) < 4.78 is 1.89. The SMILES string of the molecule is CNc1cccc(Sc2nnnn2C2CC2)n1. The highest BCUT2D eigenvalue weighted by molar-refractivity contribution is 7.99. The predicted molar refractivity (Wildman–Crippen MR) is 64.0 cm³/mol. The van der Waals surface area contributed by atoms with Crippen molar-refractivity contribution in [2.75, 3.05) is 12.4 Å². The third-order valence-corrected chi connectivity index (χ3v) is 3.42. The van der Waals surface area contributed by atoms with Gasteiger partial charge in [-0.1, -0.05) is 6.07 Å². The molecule has 17 heavy (non-hydrogen) atoms. The molecule has 88 valence electrons. The molecule has 0 atom stereocenters. The third kappa shape index (κ3) is 2.23. The first-order valence-electron chi connectivity index (χ1n) is 5.47. The van der Waals surface area contributed by atoms with Crippen molar-refractivity contribution >= 4 is 17.6 Å². The Labute approximate surface area is 103 Å². The molecule has 2 heterocycles. The van der Waals surface area contributed by atoms with E-state index in [1.54, 1.807) is 0 Å². The summed E-state index contributed by atoms with van der Waals surface area (Å²) in [5.74, 6) is 0.848. The molecule has 0 unspecified atom stereocenters. The fourth-order valence-electron chi connectivity index (χ4n) is 1.51. The molecule has 1 aliphatic rings. The number of rotatable bonds is 4. The molecule has 3 rings (SSSR count). The Morgan fingerprint density at radius 1 is 1.41 bits per heavy atom. The minimum absolute atomic E-state index is 0.486. The molecular weight excluding hydrogens is 236 g/mol. The first kappa shape index (κ1) is 10.5. The molecule has 1 fully saturated rings. The number of aromatic nitrogens is 5. The summed E-state index contributed by atoms with van der Waals surface area (Å²) in [4.78, 5) is 4.43. The molecule has 2 aromatic heterocycles. The lowest BCUT2D eigenvalue weighted by molar-refractivity contribution is 0.565. The predicted octanol–water partition coefficient (Wildman–Crippen LogP) is 1.60. The molecule has 0 aromatic carbocycles. The summed E-state index contributed by atoms with van der Waals surface area (Å²) in [6, 6.07) is 6.33. The van der Waals surface area contributed by atoms with Gasteiger partial charge >= 0.3 is 0 Å². The summed E-state index contributed by atoms with van der Waals surface area (Å²) in [7, 11) is 1.85. The van der Waals surface area contributed by atoms with Gasteiger partial charge in [-0.2, -0.15) is 0 Å². The zero-order valence-corrected chi connectivity index (χ0v) is 10.2. The van der Waals surface area contributed by atoms with Crippen molar-refractivity contribution in [3.63, 3.8) is 0 Å². The van der Waals surface area contributed by atoms with Crippen molar-refractivity contribution in [1.82, 2.24) is 25.2 Å². The van der Waals surface area contributed by atoms with Crippen LogP contribution in [-0.2, 0) is 0 Å². The minimum atomic E-state index is 0.486. The smallest absolute Gasteiger partial charge is 0.215 e. The largest absolute Gasteiger partial charge is 0.373 e. The summed E-state index contributed by atoms with van der Waals surface area (Å²) in [5.41, 5.74) is 0. The van der Waals surface area contributed by atoms with Crippen LogP contribution in [0.15, 0.2) is 28.4 Å². The van der Waals surface area contributed by atoms with Crippen molar-refractivity contribution in [3.05, 3.63) is 18.2 Å². The number of hydrogen-bond donors (Lipinski definition) is 1. The van der Waals surface area contributed by atoms with Crippen molar-refractivity contribution in [3.8, 4) is 0 Å². The average Bonchev–Trinajstić information content (AvgIpc) is 3.11. The number of anilines is 1. The van der Waals surface area contributed by atoms with E-state index in [1.165, 1.54) is 24.6 Å². The van der Waals surface area contributed by atoms with Crippen LogP contribution in [0.5, 0.6) is 0 Å². The molecule has 2 aromatic rings. The van der Waals surface area contributed by atoms with Gasteiger partial charge in [-0.3, -0.25) is 0 Å². The van der Waals surface area contributed by atoms with Gasteiger partial charge in [0.2, 0.25) is 5.16 Å². The molecule has 0 aliphatic heterocycles. The first-order chi connectivity index (χ1) is 8.36. The monoisotopic (exact) mass is 248 g/mol. The Morgan fingerprint density at radius 2 is 2.29 bits per heavy atom. The average molecular weight is 248 g/mol. The summed E-state index contributed by atoms with van der Waals surface area (Å²) >= 11 is 1.49. The van der Waals surface area contributed by atoms with Crippen LogP contribution < -0.4 is 5.32 Å². The van der Waals surface area contributed by atoms with E-state index in [1.807, 2.05) is 29.9 Å². The van der Waals surface area contributed by atoms with Crippen LogP contribution in [0.4, 0.5) is 5.82 Å². The minimum Gasteiger partial charge on any atom is -0.373 e. The second-order valence-electron chi connectivity index (χ2n) is 3.85. The fraction of sp³-hybridized carbons (Fsp3) is 0.400. The second kappa shape index (κ2) is 4.33. The topological polar surface area (TPSA) is 68.5 Å². The normalized spacial score (nSPS) is 14.9. The highest BCUT2D eigenvalue weighted by Gasteiger charge is 2.28. The molecular formula is C10H12N6S. The Bertz CT molecular complexity index is 521. The molecule has 1 aliphatic carbocycles. The van der Waals surface area contributed by atoms with Gasteiger partial charge in [0.25, 0.3) is 0 Å². The number of nitrogens with zero attached hydrogens (tertiary/aromatic N) is 5. The zero-order chi connectivity index (χ0) is 11.7. The van der Waals surface area contributed by atoms with E-state index in [0.717, 1.165) is 16.0 Å². The molecule has 0 amide bonds. The molecule has 0 saturated heterocycles. The van der Waals surface area contributed by atoms with Crippen LogP contribution in [-0.4, -0.2) is 32.2 Å². The molecule has 0 bridgehead atoms. The van der Waals surface area contributed by atoms with E-state index in [2.05, 4.69) is 25.8 Å². The van der Waals surface area contributed by atoms with E-state index in [-0.39, 0.29) is 0 Å². The summed E-state index contributed by atoms with van der Waals surface area (Å²) in [5, 5.41) is 16.5. The second-order valence-corrected chi connectivity index (χ2v) is 4.84. The van der Waals surface area contributed by atoms with Gasteiger partial charge in [-0.25, -0.2) is 9.67 Å². The van der Waals surface area contributed by atoms with Crippen LogP contribution in [0, 0.1) is 0 Å².